The standard InChI is InChI=1S/C23H32N4OS/c1-17-15-18(2)25-23(24-17)26-21(11-14-29-3)22(28)27-12-9-20(10-13-27)16-19-7-5-4-6-8-19/h4-8,15,20-21H,9-14,16H2,1-3H3,(H,24,25,26)/t21-/m1/s1. The van der Waals surface area contributed by atoms with E-state index in [0.717, 1.165) is 55.9 Å². The van der Waals surface area contributed by atoms with E-state index in [2.05, 4.69) is 51.9 Å². The second-order valence-corrected chi connectivity index (χ2v) is 8.90. The number of carbonyl (C=O) groups excluding carboxylic acids is 1. The number of likely N-dealkylation sites (tertiary alicyclic amines) is 1. The van der Waals surface area contributed by atoms with Crippen LogP contribution in [0.1, 0.15) is 36.2 Å². The summed E-state index contributed by atoms with van der Waals surface area (Å²) in [6.45, 7) is 5.58. The van der Waals surface area contributed by atoms with Gasteiger partial charge in [0.2, 0.25) is 11.9 Å². The molecular weight excluding hydrogens is 380 g/mol. The molecule has 2 aromatic rings. The third kappa shape index (κ3) is 6.46. The molecule has 0 aliphatic carbocycles. The Morgan fingerprint density at radius 1 is 1.17 bits per heavy atom. The number of aryl methyl sites for hydroxylation is 2. The zero-order valence-electron chi connectivity index (χ0n) is 17.7. The Bertz CT molecular complexity index is 770. The van der Waals surface area contributed by atoms with Gasteiger partial charge in [0.25, 0.3) is 0 Å². The highest BCUT2D eigenvalue weighted by Gasteiger charge is 2.28. The van der Waals surface area contributed by atoms with Gasteiger partial charge in [0.05, 0.1) is 0 Å². The van der Waals surface area contributed by atoms with E-state index in [0.29, 0.717) is 11.9 Å². The average molecular weight is 413 g/mol. The Kier molecular flexibility index (Phi) is 7.92. The molecule has 1 aliphatic heterocycles. The number of hydrogen-bond acceptors (Lipinski definition) is 5. The van der Waals surface area contributed by atoms with Crippen LogP contribution >= 0.6 is 11.8 Å². The lowest BCUT2D eigenvalue weighted by Crippen LogP contribution is -2.47. The van der Waals surface area contributed by atoms with Crippen molar-refractivity contribution in [2.45, 2.75) is 45.6 Å². The lowest BCUT2D eigenvalue weighted by Gasteiger charge is -2.34. The summed E-state index contributed by atoms with van der Waals surface area (Å²) in [5.41, 5.74) is 3.22. The monoisotopic (exact) mass is 412 g/mol. The number of anilines is 1. The Balaban J connectivity index is 1.59. The number of thioether (sulfide) groups is 1. The molecule has 1 atom stereocenters. The van der Waals surface area contributed by atoms with Crippen LogP contribution in [0.3, 0.4) is 0 Å². The summed E-state index contributed by atoms with van der Waals surface area (Å²) in [4.78, 5) is 24.2. The van der Waals surface area contributed by atoms with Gasteiger partial charge in [-0.05, 0) is 69.1 Å². The molecule has 29 heavy (non-hydrogen) atoms. The van der Waals surface area contributed by atoms with E-state index in [-0.39, 0.29) is 11.9 Å². The number of nitrogens with zero attached hydrogens (tertiary/aromatic N) is 3. The molecule has 0 radical (unpaired) electrons. The molecule has 1 aromatic heterocycles. The Morgan fingerprint density at radius 3 is 2.45 bits per heavy atom. The summed E-state index contributed by atoms with van der Waals surface area (Å²) < 4.78 is 0. The van der Waals surface area contributed by atoms with Crippen LogP contribution in [0.15, 0.2) is 36.4 Å². The fraction of sp³-hybridized carbons (Fsp3) is 0.522. The fourth-order valence-corrected chi connectivity index (χ4v) is 4.44. The van der Waals surface area contributed by atoms with E-state index in [1.54, 1.807) is 11.8 Å². The van der Waals surface area contributed by atoms with Crippen molar-refractivity contribution >= 4 is 23.6 Å². The number of amides is 1. The summed E-state index contributed by atoms with van der Waals surface area (Å²) in [6.07, 6.45) is 6.09. The molecule has 156 valence electrons. The molecule has 0 bridgehead atoms. The summed E-state index contributed by atoms with van der Waals surface area (Å²) in [5, 5.41) is 3.32. The number of hydrogen-bond donors (Lipinski definition) is 1. The van der Waals surface area contributed by atoms with Gasteiger partial charge >= 0.3 is 0 Å². The van der Waals surface area contributed by atoms with Crippen molar-refractivity contribution in [3.63, 3.8) is 0 Å². The van der Waals surface area contributed by atoms with Gasteiger partial charge in [-0.25, -0.2) is 9.97 Å². The van der Waals surface area contributed by atoms with E-state index in [4.69, 9.17) is 0 Å². The zero-order valence-corrected chi connectivity index (χ0v) is 18.5. The number of piperidine rings is 1. The van der Waals surface area contributed by atoms with Crippen molar-refractivity contribution in [3.05, 3.63) is 53.3 Å². The highest BCUT2D eigenvalue weighted by Crippen LogP contribution is 2.23. The number of aromatic nitrogens is 2. The average Bonchev–Trinajstić information content (AvgIpc) is 2.71. The maximum absolute atomic E-state index is 13.2. The van der Waals surface area contributed by atoms with Crippen molar-refractivity contribution in [3.8, 4) is 0 Å². The van der Waals surface area contributed by atoms with E-state index in [1.165, 1.54) is 5.56 Å². The van der Waals surface area contributed by atoms with E-state index < -0.39 is 0 Å². The third-order valence-electron chi connectivity index (χ3n) is 5.49. The minimum atomic E-state index is -0.269. The largest absolute Gasteiger partial charge is 0.342 e. The minimum absolute atomic E-state index is 0.181. The van der Waals surface area contributed by atoms with Gasteiger partial charge in [0.15, 0.2) is 0 Å². The van der Waals surface area contributed by atoms with Gasteiger partial charge in [-0.2, -0.15) is 11.8 Å². The van der Waals surface area contributed by atoms with Crippen LogP contribution in [0.4, 0.5) is 5.95 Å². The molecule has 1 aliphatic rings. The first-order valence-electron chi connectivity index (χ1n) is 10.5. The molecule has 5 nitrogen and oxygen atoms in total. The highest BCUT2D eigenvalue weighted by atomic mass is 32.2. The number of carbonyl (C=O) groups is 1. The second-order valence-electron chi connectivity index (χ2n) is 7.91. The highest BCUT2D eigenvalue weighted by molar-refractivity contribution is 7.98. The van der Waals surface area contributed by atoms with Crippen molar-refractivity contribution in [1.29, 1.82) is 0 Å². The molecule has 1 amide bonds. The Hall–Kier alpha value is -2.08. The van der Waals surface area contributed by atoms with Crippen molar-refractivity contribution in [1.82, 2.24) is 14.9 Å². The fourth-order valence-electron chi connectivity index (χ4n) is 3.96. The van der Waals surface area contributed by atoms with Crippen LogP contribution < -0.4 is 5.32 Å². The first kappa shape index (κ1) is 21.6. The number of benzene rings is 1. The van der Waals surface area contributed by atoms with Gasteiger partial charge in [0.1, 0.15) is 6.04 Å². The maximum atomic E-state index is 13.2. The van der Waals surface area contributed by atoms with Crippen LogP contribution in [0, 0.1) is 19.8 Å². The molecular formula is C23H32N4OS. The summed E-state index contributed by atoms with van der Waals surface area (Å²) in [7, 11) is 0. The van der Waals surface area contributed by atoms with E-state index in [9.17, 15) is 4.79 Å². The van der Waals surface area contributed by atoms with E-state index >= 15 is 0 Å². The summed E-state index contributed by atoms with van der Waals surface area (Å²) in [6, 6.07) is 12.3. The molecule has 1 aromatic carbocycles. The van der Waals surface area contributed by atoms with Crippen LogP contribution in [-0.4, -0.2) is 51.9 Å². The van der Waals surface area contributed by atoms with Gasteiger partial charge < -0.3 is 10.2 Å². The smallest absolute Gasteiger partial charge is 0.245 e. The zero-order chi connectivity index (χ0) is 20.6. The van der Waals surface area contributed by atoms with Gasteiger partial charge in [-0.15, -0.1) is 0 Å². The van der Waals surface area contributed by atoms with Gasteiger partial charge in [0, 0.05) is 24.5 Å². The molecule has 0 saturated carbocycles. The predicted octanol–water partition coefficient (Wildman–Crippen LogP) is 4.11. The quantitative estimate of drug-likeness (QED) is 0.707. The molecule has 1 N–H and O–H groups in total. The van der Waals surface area contributed by atoms with Crippen molar-refractivity contribution in [2.75, 3.05) is 30.4 Å². The molecule has 0 spiro atoms. The first-order valence-corrected chi connectivity index (χ1v) is 11.8. The van der Waals surface area contributed by atoms with Crippen molar-refractivity contribution in [2.24, 2.45) is 5.92 Å². The third-order valence-corrected chi connectivity index (χ3v) is 6.13. The molecule has 3 rings (SSSR count). The number of rotatable bonds is 8. The van der Waals surface area contributed by atoms with Gasteiger partial charge in [-0.3, -0.25) is 4.79 Å². The minimum Gasteiger partial charge on any atom is -0.342 e. The lowest BCUT2D eigenvalue weighted by molar-refractivity contribution is -0.133. The van der Waals surface area contributed by atoms with Crippen LogP contribution in [-0.2, 0) is 11.2 Å². The Morgan fingerprint density at radius 2 is 1.83 bits per heavy atom. The van der Waals surface area contributed by atoms with E-state index in [1.807, 2.05) is 24.8 Å². The molecule has 0 unspecified atom stereocenters. The van der Waals surface area contributed by atoms with Gasteiger partial charge in [-0.1, -0.05) is 30.3 Å². The molecule has 2 heterocycles. The second kappa shape index (κ2) is 10.6. The van der Waals surface area contributed by atoms with Crippen LogP contribution in [0.2, 0.25) is 0 Å². The first-order chi connectivity index (χ1) is 14.0. The summed E-state index contributed by atoms with van der Waals surface area (Å²) >= 11 is 1.76. The maximum Gasteiger partial charge on any atom is 0.245 e. The molecule has 1 fully saturated rings. The van der Waals surface area contributed by atoms with Crippen molar-refractivity contribution < 1.29 is 4.79 Å². The number of nitrogens with one attached hydrogen (secondary N) is 1. The topological polar surface area (TPSA) is 58.1 Å². The molecule has 6 heteroatoms. The Labute approximate surface area is 178 Å². The predicted molar refractivity (Wildman–Crippen MR) is 121 cm³/mol. The SMILES string of the molecule is CSCC[C@@H](Nc1nc(C)cc(C)n1)C(=O)N1CCC(Cc2ccccc2)CC1. The van der Waals surface area contributed by atoms with Crippen LogP contribution in [0.5, 0.6) is 0 Å². The summed E-state index contributed by atoms with van der Waals surface area (Å²) in [5.74, 6) is 2.32. The van der Waals surface area contributed by atoms with Crippen LogP contribution in [0.25, 0.3) is 0 Å². The molecule has 1 saturated heterocycles. The normalized spacial score (nSPS) is 15.9. The lowest BCUT2D eigenvalue weighted by atomic mass is 9.90.